The van der Waals surface area contributed by atoms with Gasteiger partial charge in [0, 0.05) is 18.8 Å². The fourth-order valence-corrected chi connectivity index (χ4v) is 1.53. The molecule has 0 spiro atoms. The van der Waals surface area contributed by atoms with Crippen LogP contribution in [-0.2, 0) is 9.59 Å². The van der Waals surface area contributed by atoms with Crippen molar-refractivity contribution in [1.29, 1.82) is 0 Å². The van der Waals surface area contributed by atoms with Crippen molar-refractivity contribution in [3.8, 4) is 5.75 Å². The fourth-order valence-electron chi connectivity index (χ4n) is 1.53. The normalized spacial score (nSPS) is 10.4. The van der Waals surface area contributed by atoms with Gasteiger partial charge in [-0.2, -0.15) is 0 Å². The summed E-state index contributed by atoms with van der Waals surface area (Å²) in [5.74, 6) is -0.493. The van der Waals surface area contributed by atoms with Gasteiger partial charge in [-0.3, -0.25) is 9.59 Å². The maximum absolute atomic E-state index is 11.4. The minimum Gasteiger partial charge on any atom is -0.424 e. The average Bonchev–Trinajstić information content (AvgIpc) is 2.75. The topological polar surface area (TPSA) is 73.8 Å². The van der Waals surface area contributed by atoms with Crippen molar-refractivity contribution >= 4 is 17.4 Å². The van der Waals surface area contributed by atoms with Crippen LogP contribution in [0.5, 0.6) is 5.75 Å². The molecule has 5 heteroatoms. The van der Waals surface area contributed by atoms with Gasteiger partial charge in [0.2, 0.25) is 5.91 Å². The molecule has 5 nitrogen and oxygen atoms in total. The molecule has 2 rings (SSSR count). The molecule has 17 heavy (non-hydrogen) atoms. The van der Waals surface area contributed by atoms with Crippen molar-refractivity contribution < 1.29 is 14.3 Å². The molecular formula is C12H12N2O3. The van der Waals surface area contributed by atoms with Crippen LogP contribution in [0, 0.1) is 0 Å². The van der Waals surface area contributed by atoms with Crippen LogP contribution in [-0.4, -0.2) is 16.3 Å². The summed E-state index contributed by atoms with van der Waals surface area (Å²) < 4.78 is 7.01. The zero-order valence-corrected chi connectivity index (χ0v) is 9.13. The first-order valence-electron chi connectivity index (χ1n) is 5.21. The summed E-state index contributed by atoms with van der Waals surface area (Å²) in [6, 6.07) is 7.19. The molecule has 88 valence electrons. The molecule has 0 unspecified atom stereocenters. The van der Waals surface area contributed by atoms with Crippen molar-refractivity contribution in [2.45, 2.75) is 12.8 Å². The van der Waals surface area contributed by atoms with E-state index in [4.69, 9.17) is 10.5 Å². The lowest BCUT2D eigenvalue weighted by Crippen LogP contribution is -2.15. The molecule has 2 heterocycles. The maximum atomic E-state index is 11.4. The molecule has 0 fully saturated rings. The molecule has 0 atom stereocenters. The van der Waals surface area contributed by atoms with Crippen molar-refractivity contribution in [3.63, 3.8) is 0 Å². The Kier molecular flexibility index (Phi) is 3.09. The lowest BCUT2D eigenvalue weighted by atomic mass is 10.3. The number of nitrogens with zero attached hydrogens (tertiary/aromatic N) is 1. The number of carbonyl (C=O) groups is 2. The number of ether oxygens (including phenoxy) is 1. The van der Waals surface area contributed by atoms with E-state index in [0.29, 0.717) is 5.75 Å². The van der Waals surface area contributed by atoms with Gasteiger partial charge in [0.15, 0.2) is 5.75 Å². The van der Waals surface area contributed by atoms with Crippen LogP contribution >= 0.6 is 0 Å². The van der Waals surface area contributed by atoms with Gasteiger partial charge in [-0.15, -0.1) is 0 Å². The zero-order valence-electron chi connectivity index (χ0n) is 9.13. The number of primary amides is 1. The molecule has 0 saturated carbocycles. The number of hydrogen-bond donors (Lipinski definition) is 1. The van der Waals surface area contributed by atoms with Crippen LogP contribution in [0.15, 0.2) is 36.7 Å². The highest BCUT2D eigenvalue weighted by atomic mass is 16.5. The number of esters is 1. The van der Waals surface area contributed by atoms with Gasteiger partial charge in [-0.1, -0.05) is 0 Å². The van der Waals surface area contributed by atoms with Crippen molar-refractivity contribution in [3.05, 3.63) is 36.7 Å². The summed E-state index contributed by atoms with van der Waals surface area (Å²) in [5, 5.41) is 0. The van der Waals surface area contributed by atoms with Gasteiger partial charge in [-0.05, 0) is 24.3 Å². The third-order valence-electron chi connectivity index (χ3n) is 2.32. The van der Waals surface area contributed by atoms with Crippen LogP contribution in [0.3, 0.4) is 0 Å². The van der Waals surface area contributed by atoms with E-state index in [1.165, 1.54) is 0 Å². The van der Waals surface area contributed by atoms with Gasteiger partial charge in [0.05, 0.1) is 11.9 Å². The molecular weight excluding hydrogens is 220 g/mol. The molecule has 0 aliphatic carbocycles. The summed E-state index contributed by atoms with van der Waals surface area (Å²) in [6.45, 7) is 0. The van der Waals surface area contributed by atoms with E-state index in [2.05, 4.69) is 0 Å². The standard InChI is InChI=1S/C12H12N2O3/c13-11(15)5-6-12(16)17-10-4-2-8-14-7-1-3-9(10)14/h1-4,7-8H,5-6H2,(H2,13,15). The molecule has 0 bridgehead atoms. The summed E-state index contributed by atoms with van der Waals surface area (Å²) in [7, 11) is 0. The molecule has 2 N–H and O–H groups in total. The number of carbonyl (C=O) groups excluding carboxylic acids is 2. The summed E-state index contributed by atoms with van der Waals surface area (Å²) in [6.07, 6.45) is 3.71. The molecule has 0 radical (unpaired) electrons. The fraction of sp³-hybridized carbons (Fsp3) is 0.167. The second kappa shape index (κ2) is 4.69. The van der Waals surface area contributed by atoms with Gasteiger partial charge in [0.1, 0.15) is 0 Å². The molecule has 2 aromatic rings. The molecule has 0 saturated heterocycles. The maximum Gasteiger partial charge on any atom is 0.311 e. The predicted octanol–water partition coefficient (Wildman–Crippen LogP) is 1.11. The second-order valence-electron chi connectivity index (χ2n) is 3.61. The van der Waals surface area contributed by atoms with Crippen molar-refractivity contribution in [2.75, 3.05) is 0 Å². The van der Waals surface area contributed by atoms with Gasteiger partial charge in [-0.25, -0.2) is 0 Å². The summed E-state index contributed by atoms with van der Waals surface area (Å²) in [5.41, 5.74) is 5.76. The Labute approximate surface area is 97.8 Å². The number of hydrogen-bond acceptors (Lipinski definition) is 3. The van der Waals surface area contributed by atoms with E-state index in [1.54, 1.807) is 12.1 Å². The van der Waals surface area contributed by atoms with Crippen molar-refractivity contribution in [2.24, 2.45) is 5.73 Å². The van der Waals surface area contributed by atoms with Crippen LogP contribution in [0.25, 0.3) is 5.52 Å². The third-order valence-corrected chi connectivity index (χ3v) is 2.32. The van der Waals surface area contributed by atoms with E-state index >= 15 is 0 Å². The molecule has 0 aliphatic heterocycles. The summed E-state index contributed by atoms with van der Waals surface area (Å²) in [4.78, 5) is 22.0. The highest BCUT2D eigenvalue weighted by Gasteiger charge is 2.09. The highest BCUT2D eigenvalue weighted by molar-refractivity contribution is 5.82. The van der Waals surface area contributed by atoms with E-state index in [1.807, 2.05) is 28.9 Å². The molecule has 2 aromatic heterocycles. The van der Waals surface area contributed by atoms with Gasteiger partial charge in [0.25, 0.3) is 0 Å². The zero-order chi connectivity index (χ0) is 12.3. The Balaban J connectivity index is 2.10. The van der Waals surface area contributed by atoms with Crippen molar-refractivity contribution in [1.82, 2.24) is 4.40 Å². The predicted molar refractivity (Wildman–Crippen MR) is 61.5 cm³/mol. The number of nitrogens with two attached hydrogens (primary N) is 1. The average molecular weight is 232 g/mol. The Hall–Kier alpha value is -2.30. The number of rotatable bonds is 4. The lowest BCUT2D eigenvalue weighted by Gasteiger charge is -2.05. The molecule has 0 aliphatic rings. The third kappa shape index (κ3) is 2.63. The number of pyridine rings is 1. The number of aromatic nitrogens is 1. The van der Waals surface area contributed by atoms with E-state index in [9.17, 15) is 9.59 Å². The lowest BCUT2D eigenvalue weighted by molar-refractivity contribution is -0.136. The largest absolute Gasteiger partial charge is 0.424 e. The van der Waals surface area contributed by atoms with Gasteiger partial charge >= 0.3 is 5.97 Å². The molecule has 0 aromatic carbocycles. The van der Waals surface area contributed by atoms with E-state index < -0.39 is 11.9 Å². The van der Waals surface area contributed by atoms with Crippen LogP contribution in [0.2, 0.25) is 0 Å². The first-order valence-corrected chi connectivity index (χ1v) is 5.21. The first-order chi connectivity index (χ1) is 8.16. The monoisotopic (exact) mass is 232 g/mol. The Morgan fingerprint density at radius 1 is 1.18 bits per heavy atom. The SMILES string of the molecule is NC(=O)CCC(=O)Oc1cccn2cccc12. The van der Waals surface area contributed by atoms with E-state index in [0.717, 1.165) is 5.52 Å². The smallest absolute Gasteiger partial charge is 0.311 e. The quantitative estimate of drug-likeness (QED) is 0.802. The Bertz CT molecular complexity index is 560. The van der Waals surface area contributed by atoms with Crippen LogP contribution in [0.4, 0.5) is 0 Å². The minimum atomic E-state index is -0.511. The van der Waals surface area contributed by atoms with Crippen LogP contribution < -0.4 is 10.5 Å². The number of fused-ring (bicyclic) bond motifs is 1. The highest BCUT2D eigenvalue weighted by Crippen LogP contribution is 2.20. The van der Waals surface area contributed by atoms with E-state index in [-0.39, 0.29) is 12.8 Å². The first kappa shape index (κ1) is 11.2. The second-order valence-corrected chi connectivity index (χ2v) is 3.61. The summed E-state index contributed by atoms with van der Waals surface area (Å²) >= 11 is 0. The molecule has 1 amide bonds. The number of amides is 1. The van der Waals surface area contributed by atoms with Crippen LogP contribution in [0.1, 0.15) is 12.8 Å². The Morgan fingerprint density at radius 2 is 1.88 bits per heavy atom. The minimum absolute atomic E-state index is 0.00288. The van der Waals surface area contributed by atoms with Gasteiger partial charge < -0.3 is 14.9 Å². The Morgan fingerprint density at radius 3 is 2.59 bits per heavy atom.